The average Bonchev–Trinajstić information content (AvgIpc) is 2.76. The number of nitrogens with zero attached hydrogens (tertiary/aromatic N) is 3. The fraction of sp³-hybridized carbons (Fsp3) is 0.0769. The van der Waals surface area contributed by atoms with Gasteiger partial charge in [-0.05, 0) is 17.7 Å². The van der Waals surface area contributed by atoms with Crippen LogP contribution in [-0.2, 0) is 6.54 Å². The summed E-state index contributed by atoms with van der Waals surface area (Å²) in [5, 5.41) is 8.24. The van der Waals surface area contributed by atoms with Crippen molar-refractivity contribution in [3.63, 3.8) is 0 Å². The summed E-state index contributed by atoms with van der Waals surface area (Å²) in [6.45, 7) is 0.709. The number of hydrogen-bond donors (Lipinski definition) is 1. The maximum Gasteiger partial charge on any atom is 0.136 e. The standard InChI is InChI=1S/C13H12N4/c14-11-7-4-8-12-13(11)15-16-17(12)9-10-5-2-1-3-6-10/h1-8H,9,14H2. The molecule has 0 spiro atoms. The van der Waals surface area contributed by atoms with E-state index < -0.39 is 0 Å². The number of fused-ring (bicyclic) bond motifs is 1. The van der Waals surface area contributed by atoms with E-state index in [2.05, 4.69) is 22.4 Å². The summed E-state index contributed by atoms with van der Waals surface area (Å²) < 4.78 is 1.86. The van der Waals surface area contributed by atoms with Crippen LogP contribution in [0.1, 0.15) is 5.56 Å². The molecule has 0 fully saturated rings. The average molecular weight is 224 g/mol. The highest BCUT2D eigenvalue weighted by Gasteiger charge is 2.06. The van der Waals surface area contributed by atoms with Gasteiger partial charge in [0, 0.05) is 0 Å². The number of rotatable bonds is 2. The Bertz CT molecular complexity index is 643. The molecule has 0 unspecified atom stereocenters. The molecule has 0 amide bonds. The molecule has 0 aliphatic carbocycles. The molecule has 2 aromatic carbocycles. The summed E-state index contributed by atoms with van der Waals surface area (Å²) in [6, 6.07) is 15.9. The molecule has 0 radical (unpaired) electrons. The zero-order valence-electron chi connectivity index (χ0n) is 9.24. The Morgan fingerprint density at radius 1 is 1.00 bits per heavy atom. The minimum absolute atomic E-state index is 0.668. The maximum absolute atomic E-state index is 5.85. The van der Waals surface area contributed by atoms with Gasteiger partial charge in [0.15, 0.2) is 0 Å². The maximum atomic E-state index is 5.85. The number of hydrogen-bond acceptors (Lipinski definition) is 3. The third-order valence-corrected chi connectivity index (χ3v) is 2.75. The van der Waals surface area contributed by atoms with Gasteiger partial charge < -0.3 is 5.73 Å². The molecule has 0 atom stereocenters. The van der Waals surface area contributed by atoms with Crippen LogP contribution in [0.15, 0.2) is 48.5 Å². The Kier molecular flexibility index (Phi) is 2.26. The highest BCUT2D eigenvalue weighted by molar-refractivity contribution is 5.86. The fourth-order valence-electron chi connectivity index (χ4n) is 1.89. The van der Waals surface area contributed by atoms with Crippen LogP contribution in [0.2, 0.25) is 0 Å². The first-order valence-corrected chi connectivity index (χ1v) is 5.46. The van der Waals surface area contributed by atoms with Crippen LogP contribution in [0.25, 0.3) is 11.0 Å². The van der Waals surface area contributed by atoms with Crippen molar-refractivity contribution < 1.29 is 0 Å². The van der Waals surface area contributed by atoms with Crippen molar-refractivity contribution in [3.05, 3.63) is 54.1 Å². The zero-order chi connectivity index (χ0) is 11.7. The molecule has 3 rings (SSSR count). The highest BCUT2D eigenvalue weighted by atomic mass is 15.4. The second-order valence-electron chi connectivity index (χ2n) is 3.95. The molecule has 0 aliphatic heterocycles. The quantitative estimate of drug-likeness (QED) is 0.678. The number of anilines is 1. The second-order valence-corrected chi connectivity index (χ2v) is 3.95. The van der Waals surface area contributed by atoms with Crippen LogP contribution in [0.4, 0.5) is 5.69 Å². The van der Waals surface area contributed by atoms with Gasteiger partial charge in [0.1, 0.15) is 5.52 Å². The van der Waals surface area contributed by atoms with Crippen molar-refractivity contribution in [1.29, 1.82) is 0 Å². The molecular formula is C13H12N4. The van der Waals surface area contributed by atoms with Crippen molar-refractivity contribution in [2.45, 2.75) is 6.54 Å². The van der Waals surface area contributed by atoms with Gasteiger partial charge in [-0.1, -0.05) is 41.6 Å². The van der Waals surface area contributed by atoms with Crippen LogP contribution >= 0.6 is 0 Å². The number of nitrogens with two attached hydrogens (primary N) is 1. The van der Waals surface area contributed by atoms with Gasteiger partial charge in [0.25, 0.3) is 0 Å². The summed E-state index contributed by atoms with van der Waals surface area (Å²) in [5.74, 6) is 0. The summed E-state index contributed by atoms with van der Waals surface area (Å²) in [5.41, 5.74) is 9.45. The molecule has 1 aromatic heterocycles. The lowest BCUT2D eigenvalue weighted by molar-refractivity contribution is 0.670. The Morgan fingerprint density at radius 2 is 1.82 bits per heavy atom. The predicted molar refractivity (Wildman–Crippen MR) is 67.5 cm³/mol. The predicted octanol–water partition coefficient (Wildman–Crippen LogP) is 2.06. The number of nitrogen functional groups attached to an aromatic ring is 1. The van der Waals surface area contributed by atoms with Crippen molar-refractivity contribution in [1.82, 2.24) is 15.0 Å². The molecule has 17 heavy (non-hydrogen) atoms. The Balaban J connectivity index is 2.05. The molecule has 3 aromatic rings. The first-order chi connectivity index (χ1) is 8.34. The van der Waals surface area contributed by atoms with Gasteiger partial charge in [-0.2, -0.15) is 0 Å². The second kappa shape index (κ2) is 3.90. The smallest absolute Gasteiger partial charge is 0.136 e. The lowest BCUT2D eigenvalue weighted by atomic mass is 10.2. The van der Waals surface area contributed by atoms with Crippen molar-refractivity contribution >= 4 is 16.7 Å². The minimum Gasteiger partial charge on any atom is -0.397 e. The van der Waals surface area contributed by atoms with Gasteiger partial charge in [0.2, 0.25) is 0 Å². The fourth-order valence-corrected chi connectivity index (χ4v) is 1.89. The summed E-state index contributed by atoms with van der Waals surface area (Å²) in [4.78, 5) is 0. The Hall–Kier alpha value is -2.36. The van der Waals surface area contributed by atoms with Gasteiger partial charge in [-0.25, -0.2) is 4.68 Å². The molecule has 4 heteroatoms. The molecule has 0 aliphatic rings. The molecule has 1 heterocycles. The van der Waals surface area contributed by atoms with Gasteiger partial charge in [-0.3, -0.25) is 0 Å². The molecule has 4 nitrogen and oxygen atoms in total. The van der Waals surface area contributed by atoms with Crippen molar-refractivity contribution in [3.8, 4) is 0 Å². The summed E-state index contributed by atoms with van der Waals surface area (Å²) in [6.07, 6.45) is 0. The SMILES string of the molecule is Nc1cccc2c1nnn2Cc1ccccc1. The third-order valence-electron chi connectivity index (χ3n) is 2.75. The lowest BCUT2D eigenvalue weighted by Gasteiger charge is -2.02. The zero-order valence-corrected chi connectivity index (χ0v) is 9.24. The van der Waals surface area contributed by atoms with E-state index in [-0.39, 0.29) is 0 Å². The molecule has 84 valence electrons. The molecule has 0 saturated heterocycles. The van der Waals surface area contributed by atoms with E-state index in [4.69, 9.17) is 5.73 Å². The van der Waals surface area contributed by atoms with Crippen LogP contribution in [0.5, 0.6) is 0 Å². The largest absolute Gasteiger partial charge is 0.397 e. The van der Waals surface area contributed by atoms with Crippen molar-refractivity contribution in [2.75, 3.05) is 5.73 Å². The first-order valence-electron chi connectivity index (χ1n) is 5.46. The van der Waals surface area contributed by atoms with E-state index >= 15 is 0 Å². The number of aromatic nitrogens is 3. The van der Waals surface area contributed by atoms with E-state index in [0.29, 0.717) is 12.2 Å². The van der Waals surface area contributed by atoms with E-state index in [0.717, 1.165) is 11.0 Å². The molecular weight excluding hydrogens is 212 g/mol. The van der Waals surface area contributed by atoms with Crippen LogP contribution in [0, 0.1) is 0 Å². The van der Waals surface area contributed by atoms with Crippen LogP contribution < -0.4 is 5.73 Å². The van der Waals surface area contributed by atoms with Crippen LogP contribution in [0.3, 0.4) is 0 Å². The van der Waals surface area contributed by atoms with Gasteiger partial charge in [0.05, 0.1) is 17.7 Å². The van der Waals surface area contributed by atoms with Crippen LogP contribution in [-0.4, -0.2) is 15.0 Å². The van der Waals surface area contributed by atoms with Gasteiger partial charge >= 0.3 is 0 Å². The van der Waals surface area contributed by atoms with E-state index in [9.17, 15) is 0 Å². The number of benzene rings is 2. The first kappa shape index (κ1) is 9.84. The summed E-state index contributed by atoms with van der Waals surface area (Å²) in [7, 11) is 0. The normalized spacial score (nSPS) is 10.8. The topological polar surface area (TPSA) is 56.7 Å². The van der Waals surface area contributed by atoms with E-state index in [1.165, 1.54) is 5.56 Å². The van der Waals surface area contributed by atoms with Crippen molar-refractivity contribution in [2.24, 2.45) is 0 Å². The summed E-state index contributed by atoms with van der Waals surface area (Å²) >= 11 is 0. The third kappa shape index (κ3) is 1.73. The monoisotopic (exact) mass is 224 g/mol. The molecule has 0 bridgehead atoms. The Morgan fingerprint density at radius 3 is 2.65 bits per heavy atom. The minimum atomic E-state index is 0.668. The van der Waals surface area contributed by atoms with Gasteiger partial charge in [-0.15, -0.1) is 5.10 Å². The molecule has 0 saturated carbocycles. The Labute approximate surface area is 98.7 Å². The lowest BCUT2D eigenvalue weighted by Crippen LogP contribution is -2.01. The van der Waals surface area contributed by atoms with E-state index in [1.807, 2.05) is 41.1 Å². The van der Waals surface area contributed by atoms with E-state index in [1.54, 1.807) is 0 Å². The highest BCUT2D eigenvalue weighted by Crippen LogP contribution is 2.18. The molecule has 2 N–H and O–H groups in total.